The Bertz CT molecular complexity index is 1280. The number of rotatable bonds is 0. The van der Waals surface area contributed by atoms with Crippen molar-refractivity contribution in [3.05, 3.63) is 65.9 Å². The zero-order valence-electron chi connectivity index (χ0n) is 17.6. The van der Waals surface area contributed by atoms with Crippen molar-refractivity contribution in [2.75, 3.05) is 6.66 Å². The summed E-state index contributed by atoms with van der Waals surface area (Å²) in [5, 5.41) is 8.62. The average Bonchev–Trinajstić information content (AvgIpc) is 2.66. The zero-order chi connectivity index (χ0) is 19.8. The van der Waals surface area contributed by atoms with Crippen LogP contribution in [0.1, 0.15) is 31.9 Å². The summed E-state index contributed by atoms with van der Waals surface area (Å²) in [5.74, 6) is 0. The minimum atomic E-state index is -0.391. The van der Waals surface area contributed by atoms with E-state index in [4.69, 9.17) is 0 Å². The molecule has 28 heavy (non-hydrogen) atoms. The largest absolute Gasteiger partial charge is 0.221 e. The number of fused-ring (bicyclic) bond motifs is 3. The van der Waals surface area contributed by atoms with Gasteiger partial charge in [0.15, 0.2) is 6.20 Å². The van der Waals surface area contributed by atoms with E-state index in [0.717, 1.165) is 0 Å². The number of aryl methyl sites for hydroxylation is 2. The van der Waals surface area contributed by atoms with Crippen LogP contribution in [0, 0.1) is 6.92 Å². The third-order valence-electron chi connectivity index (χ3n) is 6.33. The van der Waals surface area contributed by atoms with Crippen molar-refractivity contribution in [1.29, 1.82) is 0 Å². The Kier molecular flexibility index (Phi) is 3.74. The van der Waals surface area contributed by atoms with Gasteiger partial charge in [0.2, 0.25) is 5.69 Å². The molecule has 1 aromatic heterocycles. The highest BCUT2D eigenvalue weighted by molar-refractivity contribution is 7.73. The van der Waals surface area contributed by atoms with Gasteiger partial charge in [-0.3, -0.25) is 0 Å². The van der Waals surface area contributed by atoms with Gasteiger partial charge in [-0.2, -0.15) is 0 Å². The highest BCUT2D eigenvalue weighted by Crippen LogP contribution is 2.46. The molecule has 0 amide bonds. The lowest BCUT2D eigenvalue weighted by atomic mass is 9.85. The van der Waals surface area contributed by atoms with Crippen molar-refractivity contribution in [3.8, 4) is 11.3 Å². The minimum absolute atomic E-state index is 0.151. The summed E-state index contributed by atoms with van der Waals surface area (Å²) in [7, 11) is 1.80. The van der Waals surface area contributed by atoms with Crippen LogP contribution in [0.4, 0.5) is 0 Å². The molecule has 2 heterocycles. The molecule has 0 bridgehead atoms. The number of hydrogen-bond acceptors (Lipinski definition) is 0. The second-order valence-corrected chi connectivity index (χ2v) is 11.2. The first-order valence-corrected chi connectivity index (χ1v) is 11.8. The topological polar surface area (TPSA) is 3.88 Å². The lowest BCUT2D eigenvalue weighted by molar-refractivity contribution is -0.659. The van der Waals surface area contributed by atoms with Gasteiger partial charge in [-0.1, -0.05) is 51.1 Å². The van der Waals surface area contributed by atoms with E-state index in [1.807, 2.05) is 0 Å². The molecule has 1 atom stereocenters. The summed E-state index contributed by atoms with van der Waals surface area (Å²) in [5.41, 5.74) is 5.84. The summed E-state index contributed by atoms with van der Waals surface area (Å²) in [4.78, 5) is 0. The lowest BCUT2D eigenvalue weighted by Gasteiger charge is -2.29. The van der Waals surface area contributed by atoms with E-state index in [1.54, 1.807) is 0 Å². The molecule has 4 aromatic rings. The molecule has 1 unspecified atom stereocenters. The zero-order valence-corrected chi connectivity index (χ0v) is 18.5. The first-order chi connectivity index (χ1) is 13.3. The summed E-state index contributed by atoms with van der Waals surface area (Å²) >= 11 is 0. The van der Waals surface area contributed by atoms with Gasteiger partial charge in [0.1, 0.15) is 7.05 Å². The van der Waals surface area contributed by atoms with Crippen molar-refractivity contribution < 1.29 is 4.57 Å². The van der Waals surface area contributed by atoms with Crippen LogP contribution in [0.2, 0.25) is 0 Å². The summed E-state index contributed by atoms with van der Waals surface area (Å²) in [6.45, 7) is 11.7. The van der Waals surface area contributed by atoms with Gasteiger partial charge >= 0.3 is 0 Å². The van der Waals surface area contributed by atoms with Gasteiger partial charge in [-0.25, -0.2) is 4.57 Å². The first-order valence-electron chi connectivity index (χ1n) is 10.0. The predicted octanol–water partition coefficient (Wildman–Crippen LogP) is 5.47. The molecule has 1 aliphatic rings. The third kappa shape index (κ3) is 2.39. The Balaban J connectivity index is 1.98. The Morgan fingerprint density at radius 1 is 0.893 bits per heavy atom. The van der Waals surface area contributed by atoms with E-state index in [-0.39, 0.29) is 5.41 Å². The number of hydrogen-bond donors (Lipinski definition) is 0. The monoisotopic (exact) mass is 384 g/mol. The van der Waals surface area contributed by atoms with Gasteiger partial charge in [-0.15, -0.1) is 0 Å². The summed E-state index contributed by atoms with van der Waals surface area (Å²) in [6.07, 6.45) is 2.23. The molecule has 0 N–H and O–H groups in total. The second-order valence-electron chi connectivity index (χ2n) is 9.16. The molecule has 3 aromatic carbocycles. The van der Waals surface area contributed by atoms with E-state index in [0.29, 0.717) is 0 Å². The number of nitrogens with zero attached hydrogens (tertiary/aromatic N) is 1. The Morgan fingerprint density at radius 3 is 2.39 bits per heavy atom. The van der Waals surface area contributed by atoms with Crippen molar-refractivity contribution >= 4 is 40.1 Å². The Morgan fingerprint density at radius 2 is 1.64 bits per heavy atom. The fraction of sp³-hybridized carbons (Fsp3) is 0.269. The predicted molar refractivity (Wildman–Crippen MR) is 124 cm³/mol. The SMILES string of the molecule is Cc1c2c(cc3ccccc13)P(C)c1cc(C(C)(C)C)cc3cc[n+](C)c-2c13. The molecule has 0 saturated carbocycles. The molecule has 0 fully saturated rings. The van der Waals surface area contributed by atoms with Crippen molar-refractivity contribution in [2.24, 2.45) is 7.05 Å². The van der Waals surface area contributed by atoms with Crippen LogP contribution in [0.5, 0.6) is 0 Å². The average molecular weight is 384 g/mol. The minimum Gasteiger partial charge on any atom is -0.200 e. The molecule has 0 spiro atoms. The van der Waals surface area contributed by atoms with Crippen LogP contribution < -0.4 is 15.2 Å². The van der Waals surface area contributed by atoms with Gasteiger partial charge in [0.05, 0.1) is 10.9 Å². The van der Waals surface area contributed by atoms with Crippen molar-refractivity contribution in [1.82, 2.24) is 0 Å². The Labute approximate surface area is 168 Å². The van der Waals surface area contributed by atoms with Crippen LogP contribution in [-0.4, -0.2) is 6.66 Å². The summed E-state index contributed by atoms with van der Waals surface area (Å²) in [6, 6.07) is 18.5. The van der Waals surface area contributed by atoms with Crippen molar-refractivity contribution in [3.63, 3.8) is 0 Å². The van der Waals surface area contributed by atoms with Crippen LogP contribution in [0.15, 0.2) is 54.7 Å². The molecule has 0 aliphatic carbocycles. The van der Waals surface area contributed by atoms with E-state index in [2.05, 4.69) is 101 Å². The number of benzene rings is 3. The third-order valence-corrected chi connectivity index (χ3v) is 8.48. The smallest absolute Gasteiger partial charge is 0.200 e. The standard InChI is InChI=1S/C26H27NP/c1-16-20-10-8-7-9-17(20)14-21-23(16)25-24-18(11-12-27(25)5)13-19(26(2,3)4)15-22(24)28(21)6/h7-15H,1-6H3/q+1. The fourth-order valence-corrected chi connectivity index (χ4v) is 6.79. The van der Waals surface area contributed by atoms with Crippen LogP contribution in [-0.2, 0) is 12.5 Å². The molecule has 1 nitrogen and oxygen atoms in total. The fourth-order valence-electron chi connectivity index (χ4n) is 4.68. The van der Waals surface area contributed by atoms with E-state index in [9.17, 15) is 0 Å². The van der Waals surface area contributed by atoms with E-state index < -0.39 is 7.92 Å². The highest BCUT2D eigenvalue weighted by Gasteiger charge is 2.33. The van der Waals surface area contributed by atoms with Gasteiger partial charge in [0.25, 0.3) is 0 Å². The van der Waals surface area contributed by atoms with Crippen LogP contribution >= 0.6 is 7.92 Å². The highest BCUT2D eigenvalue weighted by atomic mass is 31.1. The summed E-state index contributed by atoms with van der Waals surface area (Å²) < 4.78 is 2.32. The normalized spacial score (nSPS) is 15.9. The van der Waals surface area contributed by atoms with Crippen LogP contribution in [0.3, 0.4) is 0 Å². The molecular formula is C26H27NP+. The molecule has 140 valence electrons. The molecule has 2 heteroatoms. The van der Waals surface area contributed by atoms with Gasteiger partial charge < -0.3 is 0 Å². The number of aromatic nitrogens is 1. The maximum absolute atomic E-state index is 2.49. The molecule has 0 saturated heterocycles. The number of pyridine rings is 1. The Hall–Kier alpha value is -2.24. The van der Waals surface area contributed by atoms with E-state index in [1.165, 1.54) is 54.5 Å². The lowest BCUT2D eigenvalue weighted by Crippen LogP contribution is -2.36. The van der Waals surface area contributed by atoms with Gasteiger partial charge in [-0.05, 0) is 77.0 Å². The molecule has 1 aliphatic heterocycles. The first kappa shape index (κ1) is 17.8. The van der Waals surface area contributed by atoms with Crippen molar-refractivity contribution in [2.45, 2.75) is 33.1 Å². The maximum atomic E-state index is 2.49. The van der Waals surface area contributed by atoms with E-state index >= 15 is 0 Å². The van der Waals surface area contributed by atoms with Crippen LogP contribution in [0.25, 0.3) is 32.8 Å². The quantitative estimate of drug-likeness (QED) is 0.280. The molecular weight excluding hydrogens is 357 g/mol. The van der Waals surface area contributed by atoms with Gasteiger partial charge in [0, 0.05) is 6.07 Å². The second kappa shape index (κ2) is 5.88. The maximum Gasteiger partial charge on any atom is 0.221 e. The molecule has 5 rings (SSSR count). The molecule has 0 radical (unpaired) electrons.